The van der Waals surface area contributed by atoms with Gasteiger partial charge in [-0.1, -0.05) is 24.2 Å². The van der Waals surface area contributed by atoms with Crippen LogP contribution in [-0.2, 0) is 17.6 Å². The Bertz CT molecular complexity index is 792. The van der Waals surface area contributed by atoms with Crippen LogP contribution in [0.1, 0.15) is 37.6 Å². The van der Waals surface area contributed by atoms with Crippen LogP contribution in [0.2, 0.25) is 0 Å². The number of fused-ring (bicyclic) bond motifs is 2. The maximum atomic E-state index is 5.90. The van der Waals surface area contributed by atoms with E-state index >= 15 is 0 Å². The van der Waals surface area contributed by atoms with E-state index in [1.807, 2.05) is 26.1 Å². The molecule has 2 aliphatic rings. The van der Waals surface area contributed by atoms with Crippen molar-refractivity contribution >= 4 is 29.9 Å². The largest absolute Gasteiger partial charge is 0.373 e. The highest BCUT2D eigenvalue weighted by Crippen LogP contribution is 2.34. The molecule has 2 fully saturated rings. The van der Waals surface area contributed by atoms with Crippen molar-refractivity contribution in [2.75, 3.05) is 13.6 Å². The predicted molar refractivity (Wildman–Crippen MR) is 119 cm³/mol. The highest BCUT2D eigenvalue weighted by Gasteiger charge is 2.41. The Morgan fingerprint density at radius 1 is 1.25 bits per heavy atom. The minimum absolute atomic E-state index is 0. The van der Waals surface area contributed by atoms with E-state index in [9.17, 15) is 0 Å². The molecule has 0 aliphatic carbocycles. The Labute approximate surface area is 182 Å². The van der Waals surface area contributed by atoms with Crippen LogP contribution < -0.4 is 10.6 Å². The van der Waals surface area contributed by atoms with E-state index in [0.29, 0.717) is 24.1 Å². The van der Waals surface area contributed by atoms with E-state index in [0.717, 1.165) is 49.6 Å². The number of aliphatic imine (C=N–C) groups is 1. The van der Waals surface area contributed by atoms with Gasteiger partial charge in [-0.05, 0) is 43.4 Å². The summed E-state index contributed by atoms with van der Waals surface area (Å²) in [5.74, 6) is 2.16. The maximum Gasteiger partial charge on any atom is 0.257 e. The van der Waals surface area contributed by atoms with Gasteiger partial charge in [0.25, 0.3) is 5.89 Å². The fourth-order valence-corrected chi connectivity index (χ4v) is 3.81. The van der Waals surface area contributed by atoms with Gasteiger partial charge in [0.15, 0.2) is 11.8 Å². The first-order valence-electron chi connectivity index (χ1n) is 9.79. The molecule has 7 nitrogen and oxygen atoms in total. The number of rotatable bonds is 6. The van der Waals surface area contributed by atoms with Gasteiger partial charge in [0.05, 0.1) is 18.2 Å². The van der Waals surface area contributed by atoms with Gasteiger partial charge in [-0.25, -0.2) is 0 Å². The third-order valence-corrected chi connectivity index (χ3v) is 5.34. The molecule has 152 valence electrons. The van der Waals surface area contributed by atoms with Gasteiger partial charge in [-0.15, -0.1) is 24.0 Å². The van der Waals surface area contributed by atoms with Crippen LogP contribution in [0.15, 0.2) is 33.8 Å². The molecule has 2 saturated heterocycles. The minimum atomic E-state index is 0. The average Bonchev–Trinajstić information content (AvgIpc) is 3.44. The van der Waals surface area contributed by atoms with Crippen molar-refractivity contribution < 1.29 is 9.26 Å². The Morgan fingerprint density at radius 2 is 2.07 bits per heavy atom. The smallest absolute Gasteiger partial charge is 0.257 e. The van der Waals surface area contributed by atoms with Crippen molar-refractivity contribution in [3.8, 4) is 11.5 Å². The molecule has 0 saturated carbocycles. The van der Waals surface area contributed by atoms with E-state index in [1.54, 1.807) is 0 Å². The zero-order valence-electron chi connectivity index (χ0n) is 16.4. The molecule has 2 aromatic rings. The minimum Gasteiger partial charge on any atom is -0.373 e. The topological polar surface area (TPSA) is 84.6 Å². The lowest BCUT2D eigenvalue weighted by atomic mass is 9.96. The SMILES string of the molecule is CCc1noc(-c2ccc(CCNC(=NC)NC3CC4CCC3O4)cc2)n1.I. The Balaban J connectivity index is 0.00000225. The van der Waals surface area contributed by atoms with E-state index in [-0.39, 0.29) is 24.0 Å². The van der Waals surface area contributed by atoms with Crippen LogP contribution in [-0.4, -0.2) is 47.9 Å². The standard InChI is InChI=1S/C20H27N5O2.HI/c1-3-18-24-19(27-25-18)14-6-4-13(5-7-14)10-11-22-20(21-2)23-16-12-15-8-9-17(16)26-15;/h4-7,15-17H,3,8-12H2,1-2H3,(H2,21,22,23);1H. The molecule has 0 radical (unpaired) electrons. The lowest BCUT2D eigenvalue weighted by molar-refractivity contribution is 0.0992. The number of nitrogens with zero attached hydrogens (tertiary/aromatic N) is 3. The maximum absolute atomic E-state index is 5.90. The van der Waals surface area contributed by atoms with E-state index < -0.39 is 0 Å². The van der Waals surface area contributed by atoms with Crippen molar-refractivity contribution in [3.05, 3.63) is 35.7 Å². The number of benzene rings is 1. The molecule has 2 bridgehead atoms. The van der Waals surface area contributed by atoms with Gasteiger partial charge in [0.2, 0.25) is 0 Å². The van der Waals surface area contributed by atoms with Crippen LogP contribution in [0.25, 0.3) is 11.5 Å². The van der Waals surface area contributed by atoms with E-state index in [1.165, 1.54) is 12.0 Å². The zero-order valence-corrected chi connectivity index (χ0v) is 18.7. The monoisotopic (exact) mass is 497 g/mol. The van der Waals surface area contributed by atoms with Gasteiger partial charge >= 0.3 is 0 Å². The Morgan fingerprint density at radius 3 is 2.68 bits per heavy atom. The van der Waals surface area contributed by atoms with E-state index in [2.05, 4.69) is 37.9 Å². The Kier molecular flexibility index (Phi) is 7.28. The number of hydrogen-bond acceptors (Lipinski definition) is 5. The summed E-state index contributed by atoms with van der Waals surface area (Å²) in [6, 6.07) is 8.65. The summed E-state index contributed by atoms with van der Waals surface area (Å²) in [6.45, 7) is 2.83. The fraction of sp³-hybridized carbons (Fsp3) is 0.550. The summed E-state index contributed by atoms with van der Waals surface area (Å²) < 4.78 is 11.2. The number of nitrogens with one attached hydrogen (secondary N) is 2. The van der Waals surface area contributed by atoms with Crippen LogP contribution >= 0.6 is 24.0 Å². The lowest BCUT2D eigenvalue weighted by Crippen LogP contribution is -2.47. The van der Waals surface area contributed by atoms with E-state index in [4.69, 9.17) is 9.26 Å². The molecule has 2 N–H and O–H groups in total. The summed E-state index contributed by atoms with van der Waals surface area (Å²) in [4.78, 5) is 8.71. The first kappa shape index (κ1) is 21.0. The number of aryl methyl sites for hydroxylation is 1. The van der Waals surface area contributed by atoms with Crippen LogP contribution in [0, 0.1) is 0 Å². The quantitative estimate of drug-likeness (QED) is 0.363. The van der Waals surface area contributed by atoms with Gasteiger partial charge in [-0.2, -0.15) is 4.98 Å². The van der Waals surface area contributed by atoms with Gasteiger partial charge in [-0.3, -0.25) is 4.99 Å². The highest BCUT2D eigenvalue weighted by atomic mass is 127. The third-order valence-electron chi connectivity index (χ3n) is 5.34. The van der Waals surface area contributed by atoms with Crippen molar-refractivity contribution in [1.82, 2.24) is 20.8 Å². The van der Waals surface area contributed by atoms with Crippen LogP contribution in [0.5, 0.6) is 0 Å². The van der Waals surface area contributed by atoms with Crippen molar-refractivity contribution in [2.45, 2.75) is 57.3 Å². The highest BCUT2D eigenvalue weighted by molar-refractivity contribution is 14.0. The molecule has 0 amide bonds. The number of halogens is 1. The molecular formula is C20H28IN5O2. The molecule has 1 aromatic carbocycles. The second kappa shape index (κ2) is 9.69. The second-order valence-electron chi connectivity index (χ2n) is 7.18. The normalized spacial score (nSPS) is 23.5. The molecular weight excluding hydrogens is 469 g/mol. The number of guanidine groups is 1. The number of aromatic nitrogens is 2. The third kappa shape index (κ3) is 4.83. The fourth-order valence-electron chi connectivity index (χ4n) is 3.81. The lowest BCUT2D eigenvalue weighted by Gasteiger charge is -2.22. The summed E-state index contributed by atoms with van der Waals surface area (Å²) in [5.41, 5.74) is 2.20. The molecule has 3 atom stereocenters. The summed E-state index contributed by atoms with van der Waals surface area (Å²) >= 11 is 0. The summed E-state index contributed by atoms with van der Waals surface area (Å²) in [5, 5.41) is 10.9. The van der Waals surface area contributed by atoms with Crippen LogP contribution in [0.3, 0.4) is 0 Å². The number of hydrogen-bond donors (Lipinski definition) is 2. The first-order valence-corrected chi connectivity index (χ1v) is 9.79. The molecule has 3 unspecified atom stereocenters. The first-order chi connectivity index (χ1) is 13.2. The zero-order chi connectivity index (χ0) is 18.6. The molecule has 2 aliphatic heterocycles. The van der Waals surface area contributed by atoms with Gasteiger partial charge < -0.3 is 19.9 Å². The predicted octanol–water partition coefficient (Wildman–Crippen LogP) is 2.94. The summed E-state index contributed by atoms with van der Waals surface area (Å²) in [6.07, 6.45) is 5.92. The second-order valence-corrected chi connectivity index (χ2v) is 7.18. The average molecular weight is 497 g/mol. The molecule has 1 aromatic heterocycles. The molecule has 0 spiro atoms. The Hall–Kier alpha value is -1.68. The van der Waals surface area contributed by atoms with Crippen molar-refractivity contribution in [2.24, 2.45) is 4.99 Å². The molecule has 4 rings (SSSR count). The van der Waals surface area contributed by atoms with Crippen LogP contribution in [0.4, 0.5) is 0 Å². The van der Waals surface area contributed by atoms with Crippen molar-refractivity contribution in [3.63, 3.8) is 0 Å². The van der Waals surface area contributed by atoms with Crippen molar-refractivity contribution in [1.29, 1.82) is 0 Å². The summed E-state index contributed by atoms with van der Waals surface area (Å²) in [7, 11) is 1.81. The molecule has 8 heteroatoms. The molecule has 3 heterocycles. The van der Waals surface area contributed by atoms with Gasteiger partial charge in [0, 0.05) is 25.6 Å². The number of ether oxygens (including phenoxy) is 1. The van der Waals surface area contributed by atoms with Gasteiger partial charge in [0.1, 0.15) is 0 Å². The molecule has 28 heavy (non-hydrogen) atoms.